The predicted molar refractivity (Wildman–Crippen MR) is 46.7 cm³/mol. The van der Waals surface area contributed by atoms with E-state index in [1.54, 1.807) is 7.11 Å². The van der Waals surface area contributed by atoms with E-state index in [0.717, 1.165) is 12.5 Å². The van der Waals surface area contributed by atoms with Crippen LogP contribution in [0.5, 0.6) is 0 Å². The van der Waals surface area contributed by atoms with Gasteiger partial charge in [0.15, 0.2) is 0 Å². The molecule has 0 aromatic rings. The highest BCUT2D eigenvalue weighted by atomic mass is 16.5. The summed E-state index contributed by atoms with van der Waals surface area (Å²) in [7, 11) is 1.77. The molecule has 0 radical (unpaired) electrons. The van der Waals surface area contributed by atoms with E-state index in [0.29, 0.717) is 6.04 Å². The molecule has 0 aromatic heterocycles. The molecule has 2 atom stereocenters. The van der Waals surface area contributed by atoms with Gasteiger partial charge >= 0.3 is 0 Å². The van der Waals surface area contributed by atoms with E-state index in [1.807, 2.05) is 0 Å². The minimum Gasteiger partial charge on any atom is -0.383 e. The van der Waals surface area contributed by atoms with Crippen molar-refractivity contribution >= 4 is 0 Å². The number of nitrogens with zero attached hydrogens (tertiary/aromatic N) is 1. The lowest BCUT2D eigenvalue weighted by Gasteiger charge is -2.22. The predicted octanol–water partition coefficient (Wildman–Crippen LogP) is 1.36. The van der Waals surface area contributed by atoms with Gasteiger partial charge in [-0.25, -0.2) is 0 Å². The van der Waals surface area contributed by atoms with E-state index in [2.05, 4.69) is 18.7 Å². The Morgan fingerprint density at radius 2 is 2.36 bits per heavy atom. The molecule has 2 heteroatoms. The van der Waals surface area contributed by atoms with Crippen LogP contribution in [0.4, 0.5) is 0 Å². The minimum absolute atomic E-state index is 0.602. The van der Waals surface area contributed by atoms with Gasteiger partial charge in [0.05, 0.1) is 6.61 Å². The first kappa shape index (κ1) is 9.01. The highest BCUT2D eigenvalue weighted by Gasteiger charge is 2.22. The second kappa shape index (κ2) is 4.07. The molecule has 1 saturated heterocycles. The maximum Gasteiger partial charge on any atom is 0.0615 e. The van der Waals surface area contributed by atoms with Gasteiger partial charge in [0.25, 0.3) is 0 Å². The Morgan fingerprint density at radius 3 is 2.82 bits per heavy atom. The van der Waals surface area contributed by atoms with E-state index < -0.39 is 0 Å². The third-order valence-electron chi connectivity index (χ3n) is 2.49. The van der Waals surface area contributed by atoms with Crippen LogP contribution in [0, 0.1) is 5.92 Å². The van der Waals surface area contributed by atoms with Crippen LogP contribution >= 0.6 is 0 Å². The van der Waals surface area contributed by atoms with Gasteiger partial charge in [0.2, 0.25) is 0 Å². The number of rotatable bonds is 3. The average Bonchev–Trinajstić information content (AvgIpc) is 2.36. The smallest absolute Gasteiger partial charge is 0.0615 e. The van der Waals surface area contributed by atoms with Gasteiger partial charge in [0, 0.05) is 19.7 Å². The topological polar surface area (TPSA) is 12.5 Å². The number of methoxy groups -OCH3 is 1. The Balaban J connectivity index is 2.25. The molecule has 11 heavy (non-hydrogen) atoms. The zero-order valence-electron chi connectivity index (χ0n) is 7.84. The molecular formula is C9H19NO. The fraction of sp³-hybridized carbons (Fsp3) is 1.00. The van der Waals surface area contributed by atoms with Crippen molar-refractivity contribution in [3.05, 3.63) is 0 Å². The summed E-state index contributed by atoms with van der Waals surface area (Å²) in [4.78, 5) is 2.51. The second-order valence-electron chi connectivity index (χ2n) is 3.69. The highest BCUT2D eigenvalue weighted by Crippen LogP contribution is 2.17. The van der Waals surface area contributed by atoms with Gasteiger partial charge < -0.3 is 4.74 Å². The fourth-order valence-electron chi connectivity index (χ4n) is 1.72. The summed E-state index contributed by atoms with van der Waals surface area (Å²) in [5.41, 5.74) is 0. The highest BCUT2D eigenvalue weighted by molar-refractivity contribution is 4.76. The maximum atomic E-state index is 5.11. The summed E-state index contributed by atoms with van der Waals surface area (Å²) >= 11 is 0. The van der Waals surface area contributed by atoms with Gasteiger partial charge in [-0.3, -0.25) is 4.90 Å². The van der Waals surface area contributed by atoms with Gasteiger partial charge in [-0.05, 0) is 25.8 Å². The Hall–Kier alpha value is -0.0800. The van der Waals surface area contributed by atoms with Crippen molar-refractivity contribution in [1.29, 1.82) is 0 Å². The molecular weight excluding hydrogens is 138 g/mol. The quantitative estimate of drug-likeness (QED) is 0.613. The lowest BCUT2D eigenvalue weighted by Crippen LogP contribution is -2.34. The second-order valence-corrected chi connectivity index (χ2v) is 3.69. The number of ether oxygens (including phenoxy) is 1. The van der Waals surface area contributed by atoms with Crippen molar-refractivity contribution in [2.75, 3.05) is 26.8 Å². The molecule has 2 nitrogen and oxygen atoms in total. The van der Waals surface area contributed by atoms with Crippen LogP contribution in [0.25, 0.3) is 0 Å². The molecule has 0 saturated carbocycles. The van der Waals surface area contributed by atoms with Gasteiger partial charge in [-0.15, -0.1) is 0 Å². The normalized spacial score (nSPS) is 29.2. The first-order valence-corrected chi connectivity index (χ1v) is 4.47. The molecule has 66 valence electrons. The first-order valence-electron chi connectivity index (χ1n) is 4.47. The zero-order chi connectivity index (χ0) is 8.27. The van der Waals surface area contributed by atoms with Gasteiger partial charge in [-0.2, -0.15) is 0 Å². The third kappa shape index (κ3) is 2.46. The Morgan fingerprint density at radius 1 is 1.64 bits per heavy atom. The monoisotopic (exact) mass is 157 g/mol. The van der Waals surface area contributed by atoms with Gasteiger partial charge in [0.1, 0.15) is 0 Å². The summed E-state index contributed by atoms with van der Waals surface area (Å²) in [6, 6.07) is 0.602. The minimum atomic E-state index is 0.602. The standard InChI is InChI=1S/C9H19NO/c1-8-4-5-10(6-8)9(2)7-11-3/h8-9H,4-7H2,1-3H3. The molecule has 1 rings (SSSR count). The van der Waals surface area contributed by atoms with Crippen LogP contribution < -0.4 is 0 Å². The first-order chi connectivity index (χ1) is 5.24. The van der Waals surface area contributed by atoms with Crippen molar-refractivity contribution in [3.63, 3.8) is 0 Å². The molecule has 0 spiro atoms. The van der Waals surface area contributed by atoms with Crippen LogP contribution in [0.15, 0.2) is 0 Å². The molecule has 0 amide bonds. The van der Waals surface area contributed by atoms with E-state index in [9.17, 15) is 0 Å². The Bertz CT molecular complexity index is 116. The molecule has 1 aliphatic heterocycles. The van der Waals surface area contributed by atoms with Crippen molar-refractivity contribution in [1.82, 2.24) is 4.90 Å². The summed E-state index contributed by atoms with van der Waals surface area (Å²) < 4.78 is 5.11. The van der Waals surface area contributed by atoms with Crippen LogP contribution in [-0.4, -0.2) is 37.7 Å². The van der Waals surface area contributed by atoms with E-state index in [4.69, 9.17) is 4.74 Å². The molecule has 2 unspecified atom stereocenters. The van der Waals surface area contributed by atoms with E-state index in [1.165, 1.54) is 19.5 Å². The molecule has 1 fully saturated rings. The summed E-state index contributed by atoms with van der Waals surface area (Å²) in [5.74, 6) is 0.884. The summed E-state index contributed by atoms with van der Waals surface area (Å²) in [6.45, 7) is 7.93. The Labute approximate surface area is 69.5 Å². The average molecular weight is 157 g/mol. The molecule has 0 aromatic carbocycles. The third-order valence-corrected chi connectivity index (χ3v) is 2.49. The van der Waals surface area contributed by atoms with Crippen molar-refractivity contribution in [3.8, 4) is 0 Å². The molecule has 0 N–H and O–H groups in total. The SMILES string of the molecule is COCC(C)N1CCC(C)C1. The van der Waals surface area contributed by atoms with Gasteiger partial charge in [-0.1, -0.05) is 6.92 Å². The summed E-state index contributed by atoms with van der Waals surface area (Å²) in [6.07, 6.45) is 1.36. The number of likely N-dealkylation sites (tertiary alicyclic amines) is 1. The van der Waals surface area contributed by atoms with Crippen LogP contribution in [0.3, 0.4) is 0 Å². The van der Waals surface area contributed by atoms with Crippen molar-refractivity contribution in [2.24, 2.45) is 5.92 Å². The fourth-order valence-corrected chi connectivity index (χ4v) is 1.72. The molecule has 0 aliphatic carbocycles. The van der Waals surface area contributed by atoms with Crippen LogP contribution in [-0.2, 0) is 4.74 Å². The lowest BCUT2D eigenvalue weighted by atomic mass is 10.2. The van der Waals surface area contributed by atoms with E-state index >= 15 is 0 Å². The maximum absolute atomic E-state index is 5.11. The number of hydrogen-bond donors (Lipinski definition) is 0. The summed E-state index contributed by atoms with van der Waals surface area (Å²) in [5, 5.41) is 0. The van der Waals surface area contributed by atoms with Crippen LogP contribution in [0.2, 0.25) is 0 Å². The number of hydrogen-bond acceptors (Lipinski definition) is 2. The van der Waals surface area contributed by atoms with Crippen LogP contribution in [0.1, 0.15) is 20.3 Å². The van der Waals surface area contributed by atoms with Crippen molar-refractivity contribution < 1.29 is 4.74 Å². The Kier molecular flexibility index (Phi) is 3.34. The molecule has 0 bridgehead atoms. The lowest BCUT2D eigenvalue weighted by molar-refractivity contribution is 0.113. The largest absolute Gasteiger partial charge is 0.383 e. The zero-order valence-corrected chi connectivity index (χ0v) is 7.84. The van der Waals surface area contributed by atoms with E-state index in [-0.39, 0.29) is 0 Å². The molecule has 1 heterocycles. The molecule has 1 aliphatic rings. The van der Waals surface area contributed by atoms with Crippen molar-refractivity contribution in [2.45, 2.75) is 26.3 Å².